The topological polar surface area (TPSA) is 187 Å². The second-order valence-corrected chi connectivity index (χ2v) is 14.0. The molecule has 0 saturated carbocycles. The minimum absolute atomic E-state index is 0.0683. The van der Waals surface area contributed by atoms with E-state index in [4.69, 9.17) is 72.8 Å². The summed E-state index contributed by atoms with van der Waals surface area (Å²) < 4.78 is 79.4. The normalized spacial score (nSPS) is 13.5. The lowest BCUT2D eigenvalue weighted by molar-refractivity contribution is -0.287. The SMILES string of the molecule is Cc1onc(C(=O)Cl)c1C.Cc1onc(C(=O)Nc2ccc(-c3cc4c(cc3Cl)OC(F)(F)O4)cn2)c1C.ClCCl.Nc1ccc(-c2cc3c(cc2Cl)OC(F)(F)O3)cn1. The molecule has 0 radical (unpaired) electrons. The third-order valence-corrected chi connectivity index (χ3v) is 8.92. The zero-order chi connectivity index (χ0) is 44.1. The number of halogens is 9. The summed E-state index contributed by atoms with van der Waals surface area (Å²) in [5, 5.41) is 9.84. The van der Waals surface area contributed by atoms with Gasteiger partial charge in [0.1, 0.15) is 23.2 Å². The number of ether oxygens (including phenoxy) is 4. The van der Waals surface area contributed by atoms with E-state index in [2.05, 4.69) is 44.5 Å². The molecule has 0 bridgehead atoms. The lowest BCUT2D eigenvalue weighted by Gasteiger charge is -2.07. The molecule has 2 aliphatic heterocycles. The van der Waals surface area contributed by atoms with Crippen molar-refractivity contribution in [2.24, 2.45) is 0 Å². The molecule has 3 N–H and O–H groups in total. The van der Waals surface area contributed by atoms with Crippen LogP contribution in [0.2, 0.25) is 10.0 Å². The van der Waals surface area contributed by atoms with Crippen molar-refractivity contribution in [3.8, 4) is 45.3 Å². The molecule has 8 rings (SSSR count). The summed E-state index contributed by atoms with van der Waals surface area (Å²) in [7, 11) is 0. The van der Waals surface area contributed by atoms with Gasteiger partial charge in [-0.1, -0.05) is 33.5 Å². The van der Waals surface area contributed by atoms with E-state index in [0.717, 1.165) is 0 Å². The van der Waals surface area contributed by atoms with Crippen molar-refractivity contribution >= 4 is 80.8 Å². The second-order valence-electron chi connectivity index (χ2n) is 12.0. The predicted molar refractivity (Wildman–Crippen MR) is 213 cm³/mol. The minimum atomic E-state index is -3.73. The van der Waals surface area contributed by atoms with E-state index >= 15 is 0 Å². The quantitative estimate of drug-likeness (QED) is 0.0945. The van der Waals surface area contributed by atoms with Gasteiger partial charge in [0.05, 0.1) is 15.4 Å². The van der Waals surface area contributed by atoms with Crippen molar-refractivity contribution in [1.82, 2.24) is 20.3 Å². The van der Waals surface area contributed by atoms with Crippen LogP contribution in [0.25, 0.3) is 22.3 Å². The van der Waals surface area contributed by atoms with Gasteiger partial charge in [0.15, 0.2) is 34.4 Å². The first kappa shape index (κ1) is 45.6. The molecule has 2 aromatic carbocycles. The maximum Gasteiger partial charge on any atom is 0.586 e. The summed E-state index contributed by atoms with van der Waals surface area (Å²) in [6, 6.07) is 11.7. The van der Waals surface area contributed by atoms with Crippen LogP contribution in [0.15, 0.2) is 70.0 Å². The first-order chi connectivity index (χ1) is 28.2. The van der Waals surface area contributed by atoms with E-state index in [1.54, 1.807) is 52.0 Å². The second kappa shape index (κ2) is 18.8. The molecule has 0 saturated heterocycles. The number of rotatable bonds is 5. The van der Waals surface area contributed by atoms with Crippen molar-refractivity contribution in [3.05, 3.63) is 105 Å². The number of aromatic nitrogens is 4. The zero-order valence-corrected chi connectivity index (χ0v) is 34.8. The van der Waals surface area contributed by atoms with E-state index in [1.807, 2.05) is 0 Å². The first-order valence-corrected chi connectivity index (χ1v) is 18.8. The van der Waals surface area contributed by atoms with Crippen molar-refractivity contribution in [3.63, 3.8) is 0 Å². The van der Waals surface area contributed by atoms with Gasteiger partial charge in [-0.25, -0.2) is 9.97 Å². The van der Waals surface area contributed by atoms with Gasteiger partial charge in [0, 0.05) is 57.9 Å². The third-order valence-electron chi connectivity index (χ3n) is 8.11. The summed E-state index contributed by atoms with van der Waals surface area (Å²) in [5.74, 6) is 0.915. The minimum Gasteiger partial charge on any atom is -0.395 e. The number of amides is 1. The number of nitrogen functional groups attached to an aromatic ring is 1. The molecule has 0 aliphatic carbocycles. The van der Waals surface area contributed by atoms with Gasteiger partial charge in [0.25, 0.3) is 11.1 Å². The maximum absolute atomic E-state index is 13.2. The number of nitrogens with two attached hydrogens (primary N) is 1. The Morgan fingerprint density at radius 2 is 1.10 bits per heavy atom. The highest BCUT2D eigenvalue weighted by Gasteiger charge is 2.45. The fourth-order valence-electron chi connectivity index (χ4n) is 4.98. The Bertz CT molecular complexity index is 2530. The lowest BCUT2D eigenvalue weighted by Crippen LogP contribution is -2.25. The molecule has 4 aromatic heterocycles. The number of anilines is 2. The number of hydrogen-bond donors (Lipinski definition) is 2. The Kier molecular flexibility index (Phi) is 14.3. The summed E-state index contributed by atoms with van der Waals surface area (Å²) in [6.07, 6.45) is -4.45. The number of carbonyl (C=O) groups excluding carboxylic acids is 2. The number of benzene rings is 2. The van der Waals surface area contributed by atoms with Gasteiger partial charge in [-0.2, -0.15) is 0 Å². The molecule has 6 aromatic rings. The number of hydrogen-bond acceptors (Lipinski definition) is 13. The van der Waals surface area contributed by atoms with Gasteiger partial charge in [-0.05, 0) is 75.7 Å². The number of alkyl halides is 6. The molecule has 23 heteroatoms. The number of pyridine rings is 2. The number of aryl methyl sites for hydroxylation is 2. The van der Waals surface area contributed by atoms with E-state index in [1.165, 1.54) is 36.7 Å². The number of nitrogens with one attached hydrogen (secondary N) is 1. The van der Waals surface area contributed by atoms with Crippen LogP contribution in [0, 0.1) is 27.7 Å². The standard InChI is InChI=1S/C18H12ClF2N3O4.C12H7ClF2N2O2.C6H6ClNO2.CH2Cl2/c1-8-9(2)28-24-16(8)17(25)23-15-4-3-10(7-22-15)11-5-13-14(6-12(11)19)27-18(20,21)26-13;13-8-4-10-9(18-12(14,15)19-10)3-7(8)6-1-2-11(16)17-5-6;1-3-4(2)10-8-5(3)6(7)9;2-1-3/h3-7H,1-2H3,(H,22,23,25);1-5H,(H2,16,17);1-2H3;1H2. The number of nitrogens with zero attached hydrogens (tertiary/aromatic N) is 4. The Hall–Kier alpha value is -5.53. The van der Waals surface area contributed by atoms with E-state index in [0.29, 0.717) is 50.7 Å². The molecule has 14 nitrogen and oxygen atoms in total. The molecule has 2 aliphatic rings. The van der Waals surface area contributed by atoms with Gasteiger partial charge >= 0.3 is 12.6 Å². The molecule has 60 heavy (non-hydrogen) atoms. The van der Waals surface area contributed by atoms with E-state index in [9.17, 15) is 27.2 Å². The van der Waals surface area contributed by atoms with Crippen molar-refractivity contribution in [2.45, 2.75) is 40.3 Å². The largest absolute Gasteiger partial charge is 0.586 e. The highest BCUT2D eigenvalue weighted by Crippen LogP contribution is 2.47. The Labute approximate surface area is 361 Å². The molecule has 6 heterocycles. The van der Waals surface area contributed by atoms with Crippen molar-refractivity contribution < 1.29 is 55.1 Å². The highest BCUT2D eigenvalue weighted by atomic mass is 35.5. The van der Waals surface area contributed by atoms with Gasteiger partial charge in [-0.15, -0.1) is 40.8 Å². The molecule has 1 amide bonds. The summed E-state index contributed by atoms with van der Waals surface area (Å²) in [4.78, 5) is 30.8. The summed E-state index contributed by atoms with van der Waals surface area (Å²) in [5.41, 5.74) is 9.32. The summed E-state index contributed by atoms with van der Waals surface area (Å²) in [6.45, 7) is 6.90. The van der Waals surface area contributed by atoms with Gasteiger partial charge in [-0.3, -0.25) is 9.59 Å². The van der Waals surface area contributed by atoms with Crippen LogP contribution in [0.4, 0.5) is 29.2 Å². The fraction of sp³-hybridized carbons (Fsp3) is 0.189. The Balaban J connectivity index is 0.000000183. The van der Waals surface area contributed by atoms with E-state index < -0.39 is 23.7 Å². The molecule has 0 atom stereocenters. The average Bonchev–Trinajstić information content (AvgIpc) is 3.89. The van der Waals surface area contributed by atoms with E-state index in [-0.39, 0.29) is 55.6 Å². The number of carbonyl (C=O) groups is 2. The average molecular weight is 937 g/mol. The van der Waals surface area contributed by atoms with Crippen LogP contribution >= 0.6 is 58.0 Å². The Morgan fingerprint density at radius 1 is 0.683 bits per heavy atom. The summed E-state index contributed by atoms with van der Waals surface area (Å²) >= 11 is 26.9. The fourth-order valence-corrected chi connectivity index (χ4v) is 5.69. The van der Waals surface area contributed by atoms with Crippen LogP contribution in [0.3, 0.4) is 0 Å². The van der Waals surface area contributed by atoms with Crippen LogP contribution < -0.4 is 30.0 Å². The maximum atomic E-state index is 13.2. The molecule has 0 fully saturated rings. The van der Waals surface area contributed by atoms with Crippen LogP contribution in [-0.4, -0.2) is 49.4 Å². The van der Waals surface area contributed by atoms with Gasteiger partial charge < -0.3 is 39.0 Å². The van der Waals surface area contributed by atoms with Crippen molar-refractivity contribution in [1.29, 1.82) is 0 Å². The monoisotopic (exact) mass is 934 g/mol. The molecule has 0 spiro atoms. The number of fused-ring (bicyclic) bond motifs is 2. The van der Waals surface area contributed by atoms with Crippen molar-refractivity contribution in [2.75, 3.05) is 16.4 Å². The predicted octanol–water partition coefficient (Wildman–Crippen LogP) is 11.0. The first-order valence-electron chi connectivity index (χ1n) is 16.6. The van der Waals surface area contributed by atoms with Gasteiger partial charge in [0.2, 0.25) is 0 Å². The molecule has 0 unspecified atom stereocenters. The van der Waals surface area contributed by atoms with Crippen LogP contribution in [0.5, 0.6) is 23.0 Å². The van der Waals surface area contributed by atoms with Crippen LogP contribution in [0.1, 0.15) is 43.6 Å². The lowest BCUT2D eigenvalue weighted by atomic mass is 10.1. The third kappa shape index (κ3) is 11.0. The zero-order valence-electron chi connectivity index (χ0n) is 31.0. The molecular weight excluding hydrogens is 910 g/mol. The molecule has 316 valence electrons. The van der Waals surface area contributed by atoms with Crippen LogP contribution in [-0.2, 0) is 0 Å². The highest BCUT2D eigenvalue weighted by molar-refractivity contribution is 6.67. The smallest absolute Gasteiger partial charge is 0.395 e. The Morgan fingerprint density at radius 3 is 1.45 bits per heavy atom. The molecular formula is C37H27Cl5F4N6O8.